The summed E-state index contributed by atoms with van der Waals surface area (Å²) in [5.41, 5.74) is 1.95. The van der Waals surface area contributed by atoms with Crippen LogP contribution in [-0.2, 0) is 14.8 Å². The van der Waals surface area contributed by atoms with Crippen LogP contribution in [-0.4, -0.2) is 86.0 Å². The molecule has 220 valence electrons. The number of nitrogens with one attached hydrogen (secondary N) is 1. The molecule has 0 saturated carbocycles. The number of piperidine rings is 1. The number of ether oxygens (including phenoxy) is 1. The van der Waals surface area contributed by atoms with Crippen LogP contribution in [0.15, 0.2) is 30.3 Å². The van der Waals surface area contributed by atoms with Gasteiger partial charge < -0.3 is 19.4 Å². The largest absolute Gasteiger partial charge is 0.378 e. The minimum atomic E-state index is -3.60. The molecule has 0 unspecified atom stereocenters. The number of halogens is 1. The van der Waals surface area contributed by atoms with E-state index in [1.165, 1.54) is 12.1 Å². The fourth-order valence-electron chi connectivity index (χ4n) is 6.07. The fraction of sp³-hybridized carbons (Fsp3) is 0.536. The molecular formula is C28H36ClN7O4S. The Bertz CT molecular complexity index is 1560. The van der Waals surface area contributed by atoms with Crippen molar-refractivity contribution in [2.75, 3.05) is 66.7 Å². The van der Waals surface area contributed by atoms with Crippen molar-refractivity contribution in [1.29, 1.82) is 0 Å². The summed E-state index contributed by atoms with van der Waals surface area (Å²) >= 11 is 6.26. The molecule has 3 aliphatic rings. The number of morpholine rings is 1. The van der Waals surface area contributed by atoms with Crippen molar-refractivity contribution < 1.29 is 17.9 Å². The summed E-state index contributed by atoms with van der Waals surface area (Å²) < 4.78 is 34.0. The van der Waals surface area contributed by atoms with E-state index in [9.17, 15) is 13.2 Å². The third-order valence-corrected chi connectivity index (χ3v) is 8.93. The number of sulfonamides is 1. The molecule has 6 rings (SSSR count). The highest BCUT2D eigenvalue weighted by atomic mass is 35.5. The van der Waals surface area contributed by atoms with Gasteiger partial charge in [-0.3, -0.25) is 9.52 Å². The lowest BCUT2D eigenvalue weighted by Gasteiger charge is -2.35. The van der Waals surface area contributed by atoms with Crippen LogP contribution >= 0.6 is 11.6 Å². The molecule has 1 N–H and O–H groups in total. The number of rotatable bonds is 6. The molecule has 0 bridgehead atoms. The molecule has 1 aromatic carbocycles. The van der Waals surface area contributed by atoms with Gasteiger partial charge in [-0.25, -0.2) is 13.4 Å². The number of carbonyl (C=O) groups is 1. The first-order chi connectivity index (χ1) is 19.7. The monoisotopic (exact) mass is 601 g/mol. The van der Waals surface area contributed by atoms with Crippen LogP contribution in [0.25, 0.3) is 5.65 Å². The normalized spacial score (nSPS) is 22.0. The van der Waals surface area contributed by atoms with Crippen molar-refractivity contribution in [3.05, 3.63) is 46.6 Å². The van der Waals surface area contributed by atoms with Gasteiger partial charge in [0.1, 0.15) is 11.6 Å². The molecule has 2 aromatic heterocycles. The number of likely N-dealkylation sites (tertiary alicyclic amines) is 1. The number of anilines is 3. The molecule has 3 fully saturated rings. The Balaban J connectivity index is 1.39. The Kier molecular flexibility index (Phi) is 7.73. The third-order valence-electron chi connectivity index (χ3n) is 8.11. The van der Waals surface area contributed by atoms with E-state index in [4.69, 9.17) is 26.4 Å². The van der Waals surface area contributed by atoms with Gasteiger partial charge >= 0.3 is 0 Å². The Morgan fingerprint density at radius 1 is 1.05 bits per heavy atom. The lowest BCUT2D eigenvalue weighted by Crippen LogP contribution is -2.39. The van der Waals surface area contributed by atoms with Gasteiger partial charge in [0.05, 0.1) is 42.5 Å². The molecule has 0 radical (unpaired) electrons. The summed E-state index contributed by atoms with van der Waals surface area (Å²) in [6.07, 6.45) is 4.75. The van der Waals surface area contributed by atoms with E-state index in [1.807, 2.05) is 10.6 Å². The van der Waals surface area contributed by atoms with E-state index >= 15 is 0 Å². The van der Waals surface area contributed by atoms with Crippen molar-refractivity contribution in [2.24, 2.45) is 5.92 Å². The Morgan fingerprint density at radius 3 is 2.59 bits per heavy atom. The predicted molar refractivity (Wildman–Crippen MR) is 160 cm³/mol. The van der Waals surface area contributed by atoms with Crippen molar-refractivity contribution in [3.63, 3.8) is 0 Å². The molecule has 5 heterocycles. The Morgan fingerprint density at radius 2 is 1.85 bits per heavy atom. The highest BCUT2D eigenvalue weighted by Gasteiger charge is 2.33. The van der Waals surface area contributed by atoms with Crippen molar-refractivity contribution in [1.82, 2.24) is 19.5 Å². The van der Waals surface area contributed by atoms with Gasteiger partial charge in [0.25, 0.3) is 5.91 Å². The number of amides is 1. The van der Waals surface area contributed by atoms with E-state index in [0.717, 1.165) is 81.1 Å². The van der Waals surface area contributed by atoms with Crippen LogP contribution in [0.2, 0.25) is 5.02 Å². The zero-order valence-corrected chi connectivity index (χ0v) is 25.0. The lowest BCUT2D eigenvalue weighted by molar-refractivity contribution is 0.0607. The summed E-state index contributed by atoms with van der Waals surface area (Å²) in [6, 6.07) is 8.46. The van der Waals surface area contributed by atoms with Crippen LogP contribution in [0.5, 0.6) is 0 Å². The molecular weight excluding hydrogens is 566 g/mol. The van der Waals surface area contributed by atoms with Crippen molar-refractivity contribution >= 4 is 50.5 Å². The predicted octanol–water partition coefficient (Wildman–Crippen LogP) is 3.80. The maximum atomic E-state index is 14.0. The van der Waals surface area contributed by atoms with E-state index < -0.39 is 10.0 Å². The van der Waals surface area contributed by atoms with Crippen LogP contribution < -0.4 is 14.5 Å². The van der Waals surface area contributed by atoms with Gasteiger partial charge in [0.15, 0.2) is 5.65 Å². The first kappa shape index (κ1) is 28.0. The zero-order chi connectivity index (χ0) is 28.7. The molecule has 41 heavy (non-hydrogen) atoms. The zero-order valence-electron chi connectivity index (χ0n) is 23.4. The summed E-state index contributed by atoms with van der Waals surface area (Å²) in [6.45, 7) is 7.59. The Hall–Kier alpha value is -3.09. The number of nitrogens with zero attached hydrogens (tertiary/aromatic N) is 6. The lowest BCUT2D eigenvalue weighted by atomic mass is 9.98. The summed E-state index contributed by atoms with van der Waals surface area (Å²) in [5, 5.41) is 5.40. The van der Waals surface area contributed by atoms with Crippen LogP contribution in [0.1, 0.15) is 54.7 Å². The van der Waals surface area contributed by atoms with Gasteiger partial charge in [-0.05, 0) is 49.8 Å². The molecule has 11 nitrogen and oxygen atoms in total. The third kappa shape index (κ3) is 5.96. The van der Waals surface area contributed by atoms with Gasteiger partial charge in [0, 0.05) is 49.9 Å². The second-order valence-electron chi connectivity index (χ2n) is 11.3. The topological polar surface area (TPSA) is 112 Å². The summed E-state index contributed by atoms with van der Waals surface area (Å²) in [4.78, 5) is 25.4. The SMILES string of the molecule is C[C@H]1CCN(c2cc(N3CCOCC3)n3nc([C@@H]4CCCCN4C(=O)c4cc(Cl)ccc4NS(C)(=O)=O)cc3n2)C1. The number of carbonyl (C=O) groups excluding carboxylic acids is 1. The molecule has 0 aliphatic carbocycles. The van der Waals surface area contributed by atoms with Crippen LogP contribution in [0.4, 0.5) is 17.3 Å². The molecule has 0 spiro atoms. The molecule has 3 aromatic rings. The van der Waals surface area contributed by atoms with Gasteiger partial charge in [-0.1, -0.05) is 18.5 Å². The van der Waals surface area contributed by atoms with Gasteiger partial charge in [-0.2, -0.15) is 9.61 Å². The van der Waals surface area contributed by atoms with Gasteiger partial charge in [-0.15, -0.1) is 0 Å². The first-order valence-electron chi connectivity index (χ1n) is 14.2. The van der Waals surface area contributed by atoms with Crippen LogP contribution in [0.3, 0.4) is 0 Å². The van der Waals surface area contributed by atoms with E-state index in [2.05, 4.69) is 27.5 Å². The van der Waals surface area contributed by atoms with Gasteiger partial charge in [0.2, 0.25) is 10.0 Å². The standard InChI is InChI=1S/C28H36ClN7O4S/c1-19-8-10-34(18-19)25-17-27(33-11-13-40-14-12-33)36-26(30-25)16-23(31-36)24-5-3-4-9-35(24)28(37)21-15-20(29)6-7-22(21)32-41(2,38)39/h6-7,15-17,19,24,32H,3-5,8-14,18H2,1-2H3/t19-,24-/m0/s1. The molecule has 3 saturated heterocycles. The quantitative estimate of drug-likeness (QED) is 0.454. The van der Waals surface area contributed by atoms with Crippen molar-refractivity contribution in [2.45, 2.75) is 38.6 Å². The number of benzene rings is 1. The number of hydrogen-bond acceptors (Lipinski definition) is 8. The maximum Gasteiger partial charge on any atom is 0.256 e. The second-order valence-corrected chi connectivity index (χ2v) is 13.5. The first-order valence-corrected chi connectivity index (χ1v) is 16.5. The maximum absolute atomic E-state index is 14.0. The molecule has 2 atom stereocenters. The number of hydrogen-bond donors (Lipinski definition) is 1. The van der Waals surface area contributed by atoms with E-state index in [1.54, 1.807) is 11.0 Å². The van der Waals surface area contributed by atoms with E-state index in [-0.39, 0.29) is 23.2 Å². The molecule has 3 aliphatic heterocycles. The highest BCUT2D eigenvalue weighted by molar-refractivity contribution is 7.92. The van der Waals surface area contributed by atoms with E-state index in [0.29, 0.717) is 30.7 Å². The average Bonchev–Trinajstić information content (AvgIpc) is 3.59. The number of fused-ring (bicyclic) bond motifs is 1. The molecule has 1 amide bonds. The van der Waals surface area contributed by atoms with Crippen molar-refractivity contribution in [3.8, 4) is 0 Å². The summed E-state index contributed by atoms with van der Waals surface area (Å²) in [7, 11) is -3.60. The minimum Gasteiger partial charge on any atom is -0.378 e. The minimum absolute atomic E-state index is 0.210. The highest BCUT2D eigenvalue weighted by Crippen LogP contribution is 2.35. The Labute approximate surface area is 245 Å². The average molecular weight is 602 g/mol. The summed E-state index contributed by atoms with van der Waals surface area (Å²) in [5.74, 6) is 2.26. The second kappa shape index (κ2) is 11.3. The smallest absolute Gasteiger partial charge is 0.256 e. The fourth-order valence-corrected chi connectivity index (χ4v) is 6.82. The number of aromatic nitrogens is 3. The van der Waals surface area contributed by atoms with Crippen LogP contribution in [0, 0.1) is 5.92 Å². The molecule has 13 heteroatoms.